The van der Waals surface area contributed by atoms with Crippen molar-refractivity contribution in [3.63, 3.8) is 0 Å². The summed E-state index contributed by atoms with van der Waals surface area (Å²) >= 11 is 0. The van der Waals surface area contributed by atoms with Crippen molar-refractivity contribution in [1.29, 1.82) is 0 Å². The van der Waals surface area contributed by atoms with Crippen LogP contribution in [0.5, 0.6) is 0 Å². The van der Waals surface area contributed by atoms with E-state index in [0.29, 0.717) is 23.9 Å². The molecule has 0 saturated heterocycles. The molecule has 0 aromatic rings. The number of likely N-dealkylation sites (N-methyl/N-ethyl adjacent to an activating group) is 1. The van der Waals surface area contributed by atoms with Crippen molar-refractivity contribution in [3.8, 4) is 0 Å². The van der Waals surface area contributed by atoms with Crippen LogP contribution in [-0.2, 0) is 33.3 Å². The molecule has 0 spiro atoms. The first-order valence-corrected chi connectivity index (χ1v) is 40.0. The Hall–Kier alpha value is -4.83. The maximum Gasteiger partial charge on any atom is 0.361 e. The van der Waals surface area contributed by atoms with Crippen molar-refractivity contribution in [2.75, 3.05) is 47.5 Å². The first kappa shape index (κ1) is 92.2. The second kappa shape index (κ2) is 76.9. The molecule has 97 heavy (non-hydrogen) atoms. The number of nitrogens with zero attached hydrogens (tertiary/aromatic N) is 1. The zero-order chi connectivity index (χ0) is 70.4. The van der Waals surface area contributed by atoms with Crippen LogP contribution in [0.3, 0.4) is 0 Å². The lowest BCUT2D eigenvalue weighted by atomic mass is 10.0. The molecule has 0 saturated carbocycles. The number of rotatable bonds is 73. The molecule has 1 N–H and O–H groups in total. The standard InChI is InChI=1S/C88H149NO8/c1-6-8-10-12-14-16-18-20-22-24-26-28-30-32-34-36-38-40-42-43-45-46-48-50-52-54-56-58-60-62-64-66-68-70-72-74-76-78-85(90)95-82-84(83-96-88(87(92)93)94-81-80-89(3,4)5)97-86(91)79-77-75-73-71-69-67-65-63-61-59-57-55-53-51-49-47-44-41-39-37-35-33-31-29-27-25-23-21-19-17-15-13-11-9-7-2/h8-11,14-17,20-23,26-29,32-35,39,41,47,49,84,88H,6-7,12-13,18-19,24-25,30-31,36-38,40,42-46,48,50-83H2,1-5H3/p+1/b10-8-,11-9-,16-14-,17-15-,22-20-,23-21-,28-26-,29-27-,34-32-,35-33-,41-39-,49-47-. The first-order valence-electron chi connectivity index (χ1n) is 40.0. The Balaban J connectivity index is 4.04. The van der Waals surface area contributed by atoms with Gasteiger partial charge in [-0.1, -0.05) is 352 Å². The molecule has 0 aromatic carbocycles. The molecule has 0 aromatic heterocycles. The summed E-state index contributed by atoms with van der Waals surface area (Å²) in [5, 5.41) is 9.78. The topological polar surface area (TPSA) is 108 Å². The van der Waals surface area contributed by atoms with E-state index < -0.39 is 24.3 Å². The highest BCUT2D eigenvalue weighted by Crippen LogP contribution is 2.18. The van der Waals surface area contributed by atoms with Crippen molar-refractivity contribution in [3.05, 3.63) is 146 Å². The highest BCUT2D eigenvalue weighted by atomic mass is 16.7. The lowest BCUT2D eigenvalue weighted by Crippen LogP contribution is -2.40. The Morgan fingerprint density at radius 3 is 0.825 bits per heavy atom. The number of esters is 2. The number of hydrogen-bond acceptors (Lipinski definition) is 7. The molecule has 554 valence electrons. The number of carbonyl (C=O) groups is 3. The van der Waals surface area contributed by atoms with Gasteiger partial charge in [0.15, 0.2) is 6.10 Å². The van der Waals surface area contributed by atoms with Gasteiger partial charge in [0.05, 0.1) is 34.4 Å². The second-order valence-corrected chi connectivity index (χ2v) is 27.6. The molecule has 0 radical (unpaired) electrons. The van der Waals surface area contributed by atoms with Crippen molar-refractivity contribution >= 4 is 17.9 Å². The van der Waals surface area contributed by atoms with Crippen molar-refractivity contribution < 1.29 is 42.9 Å². The Morgan fingerprint density at radius 2 is 0.557 bits per heavy atom. The number of hydrogen-bond donors (Lipinski definition) is 1. The zero-order valence-corrected chi connectivity index (χ0v) is 63.4. The quantitative estimate of drug-likeness (QED) is 0.0211. The number of allylic oxidation sites excluding steroid dienone is 24. The molecule has 0 aliphatic heterocycles. The molecule has 0 aliphatic rings. The van der Waals surface area contributed by atoms with Gasteiger partial charge < -0.3 is 28.5 Å². The number of carboxylic acid groups (broad SMARTS) is 1. The van der Waals surface area contributed by atoms with Gasteiger partial charge in [0, 0.05) is 12.8 Å². The third-order valence-corrected chi connectivity index (χ3v) is 17.1. The van der Waals surface area contributed by atoms with Gasteiger partial charge in [-0.05, 0) is 116 Å². The predicted molar refractivity (Wildman–Crippen MR) is 419 cm³/mol. The van der Waals surface area contributed by atoms with Gasteiger partial charge in [-0.2, -0.15) is 0 Å². The lowest BCUT2D eigenvalue weighted by molar-refractivity contribution is -0.870. The van der Waals surface area contributed by atoms with E-state index >= 15 is 0 Å². The fraction of sp³-hybridized carbons (Fsp3) is 0.693. The number of carbonyl (C=O) groups excluding carboxylic acids is 2. The maximum atomic E-state index is 13.0. The summed E-state index contributed by atoms with van der Waals surface area (Å²) in [5.74, 6) is -2.00. The summed E-state index contributed by atoms with van der Waals surface area (Å²) < 4.78 is 23.1. The molecule has 0 heterocycles. The fourth-order valence-electron chi connectivity index (χ4n) is 11.1. The van der Waals surface area contributed by atoms with Crippen molar-refractivity contribution in [1.82, 2.24) is 0 Å². The molecule has 0 rings (SSSR count). The van der Waals surface area contributed by atoms with Crippen LogP contribution in [-0.4, -0.2) is 87.4 Å². The SMILES string of the molecule is CC/C=C\C/C=C\C/C=C\C/C=C\C/C=C\C/C=C\C/C=C\CCCCCCCCCCCCCCCC(=O)OC(COC(=O)CCCCCCCCCCCCCCCCCCCCCCC/C=C\C/C=C\C/C=C\C/C=C\C/C=C\CC)COC(OCC[N+](C)(C)C)C(=O)O. The normalized spacial score (nSPS) is 13.5. The molecule has 2 unspecified atom stereocenters. The smallest absolute Gasteiger partial charge is 0.361 e. The molecule has 0 amide bonds. The average Bonchev–Trinajstić information content (AvgIpc) is 3.74. The van der Waals surface area contributed by atoms with Gasteiger partial charge in [-0.25, -0.2) is 4.79 Å². The molecule has 2 atom stereocenters. The van der Waals surface area contributed by atoms with Crippen LogP contribution >= 0.6 is 0 Å². The summed E-state index contributed by atoms with van der Waals surface area (Å²) in [4.78, 5) is 37.8. The summed E-state index contributed by atoms with van der Waals surface area (Å²) in [6.07, 6.45) is 110. The van der Waals surface area contributed by atoms with E-state index in [1.807, 2.05) is 21.1 Å². The summed E-state index contributed by atoms with van der Waals surface area (Å²) in [6, 6.07) is 0. The largest absolute Gasteiger partial charge is 0.477 e. The Kier molecular flexibility index (Phi) is 73.1. The van der Waals surface area contributed by atoms with E-state index in [2.05, 4.69) is 160 Å². The third-order valence-electron chi connectivity index (χ3n) is 17.1. The Labute approximate surface area is 598 Å². The van der Waals surface area contributed by atoms with Crippen LogP contribution in [0.25, 0.3) is 0 Å². The zero-order valence-electron chi connectivity index (χ0n) is 63.4. The summed E-state index contributed by atoms with van der Waals surface area (Å²) in [6.45, 7) is 4.67. The monoisotopic (exact) mass is 1350 g/mol. The van der Waals surface area contributed by atoms with Crippen molar-refractivity contribution in [2.24, 2.45) is 0 Å². The van der Waals surface area contributed by atoms with Gasteiger partial charge in [-0.3, -0.25) is 9.59 Å². The van der Waals surface area contributed by atoms with E-state index in [4.69, 9.17) is 18.9 Å². The number of ether oxygens (including phenoxy) is 4. The Morgan fingerprint density at radius 1 is 0.309 bits per heavy atom. The Bertz CT molecular complexity index is 2110. The van der Waals surface area contributed by atoms with E-state index in [-0.39, 0.29) is 32.2 Å². The van der Waals surface area contributed by atoms with Crippen LogP contribution in [0.4, 0.5) is 0 Å². The molecule has 0 bridgehead atoms. The molecule has 0 fully saturated rings. The van der Waals surface area contributed by atoms with E-state index in [1.165, 1.54) is 186 Å². The van der Waals surface area contributed by atoms with Crippen LogP contribution in [0.2, 0.25) is 0 Å². The number of aliphatic carboxylic acids is 1. The molecule has 9 nitrogen and oxygen atoms in total. The van der Waals surface area contributed by atoms with Crippen LogP contribution in [0, 0.1) is 0 Å². The molecular formula is C88H150NO8+. The van der Waals surface area contributed by atoms with Gasteiger partial charge in [0.1, 0.15) is 13.2 Å². The van der Waals surface area contributed by atoms with Gasteiger partial charge in [0.2, 0.25) is 0 Å². The fourth-order valence-corrected chi connectivity index (χ4v) is 11.1. The first-order chi connectivity index (χ1) is 47.6. The average molecular weight is 1350 g/mol. The number of carboxylic acids is 1. The van der Waals surface area contributed by atoms with Gasteiger partial charge in [-0.15, -0.1) is 0 Å². The molecular weight excluding hydrogens is 1200 g/mol. The molecule has 9 heteroatoms. The van der Waals surface area contributed by atoms with Crippen LogP contribution in [0.1, 0.15) is 335 Å². The second-order valence-electron chi connectivity index (χ2n) is 27.6. The minimum absolute atomic E-state index is 0.184. The van der Waals surface area contributed by atoms with E-state index in [0.717, 1.165) is 116 Å². The van der Waals surface area contributed by atoms with E-state index in [9.17, 15) is 19.5 Å². The summed E-state index contributed by atoms with van der Waals surface area (Å²) in [7, 11) is 5.98. The van der Waals surface area contributed by atoms with E-state index in [1.54, 1.807) is 0 Å². The van der Waals surface area contributed by atoms with Crippen LogP contribution in [0.15, 0.2) is 146 Å². The highest BCUT2D eigenvalue weighted by molar-refractivity contribution is 5.71. The lowest BCUT2D eigenvalue weighted by Gasteiger charge is -2.25. The third kappa shape index (κ3) is 78.4. The highest BCUT2D eigenvalue weighted by Gasteiger charge is 2.25. The van der Waals surface area contributed by atoms with Crippen LogP contribution < -0.4 is 0 Å². The minimum Gasteiger partial charge on any atom is -0.477 e. The van der Waals surface area contributed by atoms with Gasteiger partial charge >= 0.3 is 17.9 Å². The minimum atomic E-state index is -1.52. The van der Waals surface area contributed by atoms with Gasteiger partial charge in [0.25, 0.3) is 6.29 Å². The van der Waals surface area contributed by atoms with Crippen molar-refractivity contribution in [2.45, 2.75) is 347 Å². The number of unbranched alkanes of at least 4 members (excludes halogenated alkanes) is 34. The molecule has 0 aliphatic carbocycles. The predicted octanol–water partition coefficient (Wildman–Crippen LogP) is 25.8. The summed E-state index contributed by atoms with van der Waals surface area (Å²) in [5.41, 5.74) is 0. The number of quaternary nitrogens is 1. The maximum absolute atomic E-state index is 13.0.